The summed E-state index contributed by atoms with van der Waals surface area (Å²) in [6.45, 7) is 0.0140. The Morgan fingerprint density at radius 2 is 2.15 bits per heavy atom. The van der Waals surface area contributed by atoms with Crippen molar-refractivity contribution in [1.82, 2.24) is 9.78 Å². The minimum absolute atomic E-state index is 0. The molecule has 112 valence electrons. The van der Waals surface area contributed by atoms with Gasteiger partial charge in [-0.05, 0) is 12.8 Å². The summed E-state index contributed by atoms with van der Waals surface area (Å²) in [5, 5.41) is 6.76. The molecule has 7 nitrogen and oxygen atoms in total. The number of aromatic nitrogens is 2. The van der Waals surface area contributed by atoms with Gasteiger partial charge in [-0.1, -0.05) is 12.8 Å². The van der Waals surface area contributed by atoms with Gasteiger partial charge in [-0.3, -0.25) is 14.3 Å². The number of halogens is 1. The Kier molecular flexibility index (Phi) is 5.52. The molecule has 0 atom stereocenters. The third kappa shape index (κ3) is 3.71. The van der Waals surface area contributed by atoms with E-state index in [4.69, 9.17) is 5.73 Å². The van der Waals surface area contributed by atoms with Crippen molar-refractivity contribution in [2.24, 2.45) is 5.73 Å². The van der Waals surface area contributed by atoms with E-state index >= 15 is 0 Å². The highest BCUT2D eigenvalue weighted by Crippen LogP contribution is 2.28. The van der Waals surface area contributed by atoms with E-state index in [1.165, 1.54) is 11.8 Å². The zero-order valence-electron chi connectivity index (χ0n) is 11.3. The molecule has 20 heavy (non-hydrogen) atoms. The van der Waals surface area contributed by atoms with Gasteiger partial charge < -0.3 is 15.8 Å². The maximum Gasteiger partial charge on any atom is 0.327 e. The van der Waals surface area contributed by atoms with E-state index in [0.717, 1.165) is 12.8 Å². The molecule has 0 saturated heterocycles. The average Bonchev–Trinajstić information content (AvgIpc) is 2.99. The van der Waals surface area contributed by atoms with Crippen molar-refractivity contribution < 1.29 is 14.3 Å². The van der Waals surface area contributed by atoms with Crippen LogP contribution in [0.25, 0.3) is 0 Å². The second-order valence-electron chi connectivity index (χ2n) is 4.79. The topological polar surface area (TPSA) is 99.2 Å². The Balaban J connectivity index is 0.00000200. The monoisotopic (exact) mass is 302 g/mol. The zero-order valence-corrected chi connectivity index (χ0v) is 12.1. The normalized spacial score (nSPS) is 16.3. The number of nitrogens with one attached hydrogen (secondary N) is 1. The van der Waals surface area contributed by atoms with E-state index in [1.54, 1.807) is 12.3 Å². The molecule has 1 fully saturated rings. The van der Waals surface area contributed by atoms with Crippen LogP contribution in [0.4, 0.5) is 5.82 Å². The van der Waals surface area contributed by atoms with Crippen molar-refractivity contribution in [3.8, 4) is 0 Å². The number of anilines is 1. The standard InChI is InChI=1S/C12H18N4O3.ClH/c1-19-10(17)8-16-7-4-9(15-16)14-11(18)12(13)5-2-3-6-12;/h4,7H,2-3,5-6,8,13H2,1H3,(H,14,15,18);1H. The highest BCUT2D eigenvalue weighted by molar-refractivity contribution is 5.97. The molecule has 2 rings (SSSR count). The Labute approximate surface area is 123 Å². The molecule has 1 aliphatic carbocycles. The number of methoxy groups -OCH3 is 1. The van der Waals surface area contributed by atoms with E-state index < -0.39 is 11.5 Å². The van der Waals surface area contributed by atoms with Crippen LogP contribution in [-0.2, 0) is 20.9 Å². The lowest BCUT2D eigenvalue weighted by atomic mass is 9.98. The maximum atomic E-state index is 12.0. The molecule has 1 heterocycles. The molecule has 0 spiro atoms. The van der Waals surface area contributed by atoms with Crippen LogP contribution in [0.2, 0.25) is 0 Å². The summed E-state index contributed by atoms with van der Waals surface area (Å²) in [5.74, 6) is -0.217. The van der Waals surface area contributed by atoms with Crippen LogP contribution in [0, 0.1) is 0 Å². The first-order valence-corrected chi connectivity index (χ1v) is 6.24. The molecule has 8 heteroatoms. The van der Waals surface area contributed by atoms with Gasteiger partial charge in [-0.25, -0.2) is 0 Å². The van der Waals surface area contributed by atoms with E-state index in [9.17, 15) is 9.59 Å². The number of rotatable bonds is 4. The molecule has 0 aromatic carbocycles. The molecule has 1 saturated carbocycles. The maximum absolute atomic E-state index is 12.0. The van der Waals surface area contributed by atoms with E-state index in [0.29, 0.717) is 18.7 Å². The summed E-state index contributed by atoms with van der Waals surface area (Å²) >= 11 is 0. The van der Waals surface area contributed by atoms with Crippen LogP contribution >= 0.6 is 12.4 Å². The largest absolute Gasteiger partial charge is 0.468 e. The van der Waals surface area contributed by atoms with Crippen molar-refractivity contribution in [2.45, 2.75) is 37.8 Å². The summed E-state index contributed by atoms with van der Waals surface area (Å²) in [6.07, 6.45) is 4.94. The number of nitrogens with zero attached hydrogens (tertiary/aromatic N) is 2. The predicted molar refractivity (Wildman–Crippen MR) is 75.5 cm³/mol. The van der Waals surface area contributed by atoms with Crippen molar-refractivity contribution in [1.29, 1.82) is 0 Å². The lowest BCUT2D eigenvalue weighted by molar-refractivity contribution is -0.141. The molecule has 0 unspecified atom stereocenters. The van der Waals surface area contributed by atoms with Gasteiger partial charge in [-0.2, -0.15) is 5.10 Å². The van der Waals surface area contributed by atoms with Crippen LogP contribution in [0.1, 0.15) is 25.7 Å². The number of amides is 1. The number of carbonyl (C=O) groups excluding carboxylic acids is 2. The Morgan fingerprint density at radius 1 is 1.50 bits per heavy atom. The fourth-order valence-corrected chi connectivity index (χ4v) is 2.19. The summed E-state index contributed by atoms with van der Waals surface area (Å²) in [5.41, 5.74) is 5.25. The van der Waals surface area contributed by atoms with Gasteiger partial charge in [-0.15, -0.1) is 12.4 Å². The van der Waals surface area contributed by atoms with Gasteiger partial charge in [0.2, 0.25) is 5.91 Å². The number of nitrogens with two attached hydrogens (primary N) is 1. The van der Waals surface area contributed by atoms with Gasteiger partial charge in [0.15, 0.2) is 5.82 Å². The third-order valence-electron chi connectivity index (χ3n) is 3.35. The first kappa shape index (κ1) is 16.5. The molecule has 0 radical (unpaired) electrons. The molecule has 0 aliphatic heterocycles. The number of carbonyl (C=O) groups is 2. The van der Waals surface area contributed by atoms with Gasteiger partial charge >= 0.3 is 5.97 Å². The molecule has 3 N–H and O–H groups in total. The van der Waals surface area contributed by atoms with Crippen molar-refractivity contribution >= 4 is 30.1 Å². The Hall–Kier alpha value is -1.60. The zero-order chi connectivity index (χ0) is 13.9. The highest BCUT2D eigenvalue weighted by Gasteiger charge is 2.37. The summed E-state index contributed by atoms with van der Waals surface area (Å²) in [6, 6.07) is 1.62. The second-order valence-corrected chi connectivity index (χ2v) is 4.79. The molecule has 0 bridgehead atoms. The second kappa shape index (κ2) is 6.71. The lowest BCUT2D eigenvalue weighted by Gasteiger charge is -2.21. The number of ether oxygens (including phenoxy) is 1. The summed E-state index contributed by atoms with van der Waals surface area (Å²) in [4.78, 5) is 23.1. The fourth-order valence-electron chi connectivity index (χ4n) is 2.19. The quantitative estimate of drug-likeness (QED) is 0.797. The van der Waals surface area contributed by atoms with E-state index in [1.807, 2.05) is 0 Å². The molecule has 1 aliphatic rings. The Bertz CT molecular complexity index is 483. The average molecular weight is 303 g/mol. The van der Waals surface area contributed by atoms with Crippen LogP contribution < -0.4 is 11.1 Å². The van der Waals surface area contributed by atoms with Crippen LogP contribution in [0.3, 0.4) is 0 Å². The Morgan fingerprint density at radius 3 is 2.75 bits per heavy atom. The van der Waals surface area contributed by atoms with Crippen LogP contribution in [0.15, 0.2) is 12.3 Å². The first-order valence-electron chi connectivity index (χ1n) is 6.24. The molecular formula is C12H19ClN4O3. The van der Waals surface area contributed by atoms with Gasteiger partial charge in [0, 0.05) is 12.3 Å². The fraction of sp³-hybridized carbons (Fsp3) is 0.583. The minimum atomic E-state index is -0.786. The van der Waals surface area contributed by atoms with Crippen LogP contribution in [0.5, 0.6) is 0 Å². The van der Waals surface area contributed by atoms with E-state index in [2.05, 4.69) is 15.2 Å². The summed E-state index contributed by atoms with van der Waals surface area (Å²) < 4.78 is 5.94. The molecular weight excluding hydrogens is 284 g/mol. The predicted octanol–water partition coefficient (Wildman–Crippen LogP) is 0.688. The van der Waals surface area contributed by atoms with Gasteiger partial charge in [0.1, 0.15) is 6.54 Å². The summed E-state index contributed by atoms with van der Waals surface area (Å²) in [7, 11) is 1.31. The number of hydrogen-bond donors (Lipinski definition) is 2. The van der Waals surface area contributed by atoms with Crippen molar-refractivity contribution in [3.05, 3.63) is 12.3 Å². The third-order valence-corrected chi connectivity index (χ3v) is 3.35. The number of hydrogen-bond acceptors (Lipinski definition) is 5. The van der Waals surface area contributed by atoms with Gasteiger partial charge in [0.05, 0.1) is 12.6 Å². The smallest absolute Gasteiger partial charge is 0.327 e. The van der Waals surface area contributed by atoms with E-state index in [-0.39, 0.29) is 24.9 Å². The highest BCUT2D eigenvalue weighted by atomic mass is 35.5. The SMILES string of the molecule is COC(=O)Cn1ccc(NC(=O)C2(N)CCCC2)n1.Cl. The van der Waals surface area contributed by atoms with Gasteiger partial charge in [0.25, 0.3) is 0 Å². The van der Waals surface area contributed by atoms with Crippen molar-refractivity contribution in [3.63, 3.8) is 0 Å². The first-order chi connectivity index (χ1) is 9.03. The van der Waals surface area contributed by atoms with Crippen molar-refractivity contribution in [2.75, 3.05) is 12.4 Å². The lowest BCUT2D eigenvalue weighted by Crippen LogP contribution is -2.48. The molecule has 1 amide bonds. The number of esters is 1. The minimum Gasteiger partial charge on any atom is -0.468 e. The molecule has 1 aromatic rings. The van der Waals surface area contributed by atoms with Crippen LogP contribution in [-0.4, -0.2) is 34.3 Å². The molecule has 1 aromatic heterocycles.